The highest BCUT2D eigenvalue weighted by atomic mass is 127. The highest BCUT2D eigenvalue weighted by Crippen LogP contribution is 2.29. The molecule has 2 heterocycles. The van der Waals surface area contributed by atoms with Crippen LogP contribution >= 0.6 is 35.6 Å². The lowest BCUT2D eigenvalue weighted by Gasteiger charge is -2.32. The Labute approximate surface area is 212 Å². The number of anilines is 1. The highest BCUT2D eigenvalue weighted by molar-refractivity contribution is 14.0. The van der Waals surface area contributed by atoms with E-state index in [4.69, 9.17) is 16.3 Å². The SMILES string of the molecule is CN=C(NCc1ccc(N2CCOC(C)C2)nc1)NCC(C)(C)c1ccc(F)cc1Cl.I. The average Bonchev–Trinajstić information content (AvgIpc) is 2.74. The van der Waals surface area contributed by atoms with Crippen LogP contribution in [-0.4, -0.2) is 50.3 Å². The van der Waals surface area contributed by atoms with Crippen LogP contribution in [0.2, 0.25) is 5.02 Å². The number of aromatic nitrogens is 1. The smallest absolute Gasteiger partial charge is 0.191 e. The van der Waals surface area contributed by atoms with Gasteiger partial charge in [-0.2, -0.15) is 0 Å². The molecule has 176 valence electrons. The summed E-state index contributed by atoms with van der Waals surface area (Å²) in [7, 11) is 1.73. The number of aliphatic imine (C=N–C) groups is 1. The average molecular weight is 576 g/mol. The van der Waals surface area contributed by atoms with E-state index in [0.717, 1.165) is 36.6 Å². The zero-order chi connectivity index (χ0) is 22.4. The molecule has 3 rings (SSSR count). The summed E-state index contributed by atoms with van der Waals surface area (Å²) in [6.07, 6.45) is 2.11. The van der Waals surface area contributed by atoms with Crippen molar-refractivity contribution in [2.45, 2.75) is 38.8 Å². The fourth-order valence-electron chi connectivity index (χ4n) is 3.58. The minimum Gasteiger partial charge on any atom is -0.375 e. The third-order valence-electron chi connectivity index (χ3n) is 5.42. The number of hydrogen-bond donors (Lipinski definition) is 2. The van der Waals surface area contributed by atoms with Crippen molar-refractivity contribution in [3.63, 3.8) is 0 Å². The molecule has 2 aromatic rings. The zero-order valence-corrected chi connectivity index (χ0v) is 22.1. The lowest BCUT2D eigenvalue weighted by Crippen LogP contribution is -2.43. The van der Waals surface area contributed by atoms with Crippen LogP contribution in [0.3, 0.4) is 0 Å². The van der Waals surface area contributed by atoms with Crippen molar-refractivity contribution in [1.29, 1.82) is 0 Å². The van der Waals surface area contributed by atoms with Gasteiger partial charge >= 0.3 is 0 Å². The molecule has 0 saturated carbocycles. The van der Waals surface area contributed by atoms with Gasteiger partial charge in [0.15, 0.2) is 5.96 Å². The van der Waals surface area contributed by atoms with Gasteiger partial charge in [0.05, 0.1) is 12.7 Å². The summed E-state index contributed by atoms with van der Waals surface area (Å²) in [6, 6.07) is 8.64. The van der Waals surface area contributed by atoms with Crippen LogP contribution in [0.4, 0.5) is 10.2 Å². The zero-order valence-electron chi connectivity index (χ0n) is 19.0. The van der Waals surface area contributed by atoms with Gasteiger partial charge < -0.3 is 20.3 Å². The third-order valence-corrected chi connectivity index (χ3v) is 5.73. The molecule has 1 aliphatic rings. The van der Waals surface area contributed by atoms with Crippen molar-refractivity contribution in [2.75, 3.05) is 38.2 Å². The molecule has 2 N–H and O–H groups in total. The molecule has 1 unspecified atom stereocenters. The minimum atomic E-state index is -0.335. The lowest BCUT2D eigenvalue weighted by atomic mass is 9.84. The Morgan fingerprint density at radius 3 is 2.72 bits per heavy atom. The summed E-state index contributed by atoms with van der Waals surface area (Å²) in [5.74, 6) is 1.31. The van der Waals surface area contributed by atoms with Crippen LogP contribution in [0.25, 0.3) is 0 Å². The van der Waals surface area contributed by atoms with Crippen molar-refractivity contribution in [1.82, 2.24) is 15.6 Å². The molecule has 0 bridgehead atoms. The number of hydrogen-bond acceptors (Lipinski definition) is 4. The van der Waals surface area contributed by atoms with Crippen LogP contribution in [0.15, 0.2) is 41.5 Å². The lowest BCUT2D eigenvalue weighted by molar-refractivity contribution is 0.0529. The fraction of sp³-hybridized carbons (Fsp3) is 0.478. The molecule has 1 aliphatic heterocycles. The number of nitrogens with one attached hydrogen (secondary N) is 2. The number of benzene rings is 1. The number of rotatable bonds is 6. The number of guanidine groups is 1. The molecule has 0 aliphatic carbocycles. The molecular weight excluding hydrogens is 544 g/mol. The van der Waals surface area contributed by atoms with E-state index >= 15 is 0 Å². The maximum atomic E-state index is 13.4. The number of nitrogens with zero attached hydrogens (tertiary/aromatic N) is 3. The standard InChI is InChI=1S/C23H31ClFN5O.HI/c1-16-14-30(9-10-31-16)21-8-5-17(12-27-21)13-28-22(26-4)29-15-23(2,3)19-7-6-18(25)11-20(19)24;/h5-8,11-12,16H,9-10,13-15H2,1-4H3,(H2,26,28,29);1H. The second-order valence-electron chi connectivity index (χ2n) is 8.44. The Balaban J connectivity index is 0.00000363. The van der Waals surface area contributed by atoms with E-state index in [0.29, 0.717) is 24.1 Å². The molecule has 0 amide bonds. The third kappa shape index (κ3) is 7.18. The topological polar surface area (TPSA) is 61.8 Å². The van der Waals surface area contributed by atoms with E-state index in [-0.39, 0.29) is 41.3 Å². The molecule has 1 saturated heterocycles. The Kier molecular flexibility index (Phi) is 9.97. The Morgan fingerprint density at radius 1 is 1.31 bits per heavy atom. The van der Waals surface area contributed by atoms with Crippen LogP contribution in [0, 0.1) is 5.82 Å². The van der Waals surface area contributed by atoms with E-state index < -0.39 is 0 Å². The van der Waals surface area contributed by atoms with E-state index in [2.05, 4.69) is 52.3 Å². The van der Waals surface area contributed by atoms with Gasteiger partial charge in [0.1, 0.15) is 11.6 Å². The largest absolute Gasteiger partial charge is 0.375 e. The maximum Gasteiger partial charge on any atom is 0.191 e. The predicted octanol–water partition coefficient (Wildman–Crippen LogP) is 4.36. The number of pyridine rings is 1. The van der Waals surface area contributed by atoms with Crippen LogP contribution < -0.4 is 15.5 Å². The second-order valence-corrected chi connectivity index (χ2v) is 8.85. The number of morpholine rings is 1. The summed E-state index contributed by atoms with van der Waals surface area (Å²) >= 11 is 6.25. The van der Waals surface area contributed by atoms with Gasteiger partial charge in [-0.05, 0) is 36.2 Å². The van der Waals surface area contributed by atoms with E-state index in [1.807, 2.05) is 12.3 Å². The van der Waals surface area contributed by atoms with Gasteiger partial charge in [0.25, 0.3) is 0 Å². The van der Waals surface area contributed by atoms with E-state index in [9.17, 15) is 4.39 Å². The minimum absolute atomic E-state index is 0. The molecule has 1 aromatic carbocycles. The monoisotopic (exact) mass is 575 g/mol. The molecule has 1 aromatic heterocycles. The summed E-state index contributed by atoms with van der Waals surface area (Å²) in [5.41, 5.74) is 1.64. The van der Waals surface area contributed by atoms with Gasteiger partial charge in [-0.15, -0.1) is 24.0 Å². The van der Waals surface area contributed by atoms with E-state index in [1.165, 1.54) is 12.1 Å². The van der Waals surface area contributed by atoms with E-state index in [1.54, 1.807) is 13.1 Å². The molecule has 1 fully saturated rings. The first-order valence-electron chi connectivity index (χ1n) is 10.5. The van der Waals surface area contributed by atoms with Gasteiger partial charge in [-0.25, -0.2) is 9.37 Å². The van der Waals surface area contributed by atoms with Crippen molar-refractivity contribution in [3.8, 4) is 0 Å². The van der Waals surface area contributed by atoms with Gasteiger partial charge in [0.2, 0.25) is 0 Å². The molecular formula is C23H32ClFIN5O. The van der Waals surface area contributed by atoms with Gasteiger partial charge in [-0.3, -0.25) is 4.99 Å². The second kappa shape index (κ2) is 12.0. The summed E-state index contributed by atoms with van der Waals surface area (Å²) in [4.78, 5) is 11.1. The van der Waals surface area contributed by atoms with Crippen molar-refractivity contribution in [2.24, 2.45) is 4.99 Å². The van der Waals surface area contributed by atoms with Crippen LogP contribution in [-0.2, 0) is 16.7 Å². The maximum absolute atomic E-state index is 13.4. The number of ether oxygens (including phenoxy) is 1. The Hall–Kier alpha value is -1.65. The molecule has 6 nitrogen and oxygen atoms in total. The predicted molar refractivity (Wildman–Crippen MR) is 140 cm³/mol. The van der Waals surface area contributed by atoms with Crippen LogP contribution in [0.1, 0.15) is 31.9 Å². The first-order chi connectivity index (χ1) is 14.8. The molecule has 1 atom stereocenters. The fourth-order valence-corrected chi connectivity index (χ4v) is 4.00. The Bertz CT molecular complexity index is 910. The summed E-state index contributed by atoms with van der Waals surface area (Å²) in [6.45, 7) is 9.83. The highest BCUT2D eigenvalue weighted by Gasteiger charge is 2.24. The summed E-state index contributed by atoms with van der Waals surface area (Å²) < 4.78 is 19.0. The van der Waals surface area contributed by atoms with Gasteiger partial charge in [-0.1, -0.05) is 37.6 Å². The van der Waals surface area contributed by atoms with Gasteiger partial charge in [0, 0.05) is 49.9 Å². The number of halogens is 3. The summed E-state index contributed by atoms with van der Waals surface area (Å²) in [5, 5.41) is 7.07. The molecule has 32 heavy (non-hydrogen) atoms. The Morgan fingerprint density at radius 2 is 2.09 bits per heavy atom. The molecule has 0 spiro atoms. The normalized spacial score (nSPS) is 17.0. The first kappa shape index (κ1) is 26.6. The quantitative estimate of drug-likeness (QED) is 0.305. The van der Waals surface area contributed by atoms with Crippen molar-refractivity contribution >= 4 is 47.4 Å². The van der Waals surface area contributed by atoms with Crippen molar-refractivity contribution < 1.29 is 9.13 Å². The first-order valence-corrected chi connectivity index (χ1v) is 10.9. The molecule has 9 heteroatoms. The molecule has 0 radical (unpaired) electrons. The van der Waals surface area contributed by atoms with Crippen LogP contribution in [0.5, 0.6) is 0 Å². The van der Waals surface area contributed by atoms with Crippen molar-refractivity contribution in [3.05, 3.63) is 58.5 Å².